The maximum absolute atomic E-state index is 13.9. The number of alkyl halides is 3. The van der Waals surface area contributed by atoms with Crippen LogP contribution in [-0.4, -0.2) is 67.1 Å². The number of nitrogens with zero attached hydrogens (tertiary/aromatic N) is 3. The second kappa shape index (κ2) is 9.42. The van der Waals surface area contributed by atoms with E-state index in [2.05, 4.69) is 10.3 Å². The van der Waals surface area contributed by atoms with Crippen LogP contribution in [0.5, 0.6) is 0 Å². The van der Waals surface area contributed by atoms with Crippen molar-refractivity contribution in [3.63, 3.8) is 0 Å². The van der Waals surface area contributed by atoms with Gasteiger partial charge in [0.25, 0.3) is 0 Å². The van der Waals surface area contributed by atoms with Crippen molar-refractivity contribution in [1.29, 1.82) is 0 Å². The maximum Gasteiger partial charge on any atom is 0.414 e. The first-order valence-corrected chi connectivity index (χ1v) is 13.3. The Kier molecular flexibility index (Phi) is 7.00. The molecule has 1 aliphatic heterocycles. The average molecular weight is 551 g/mol. The number of fused-ring (bicyclic) bond motifs is 1. The topological polar surface area (TPSA) is 82.6 Å². The zero-order valence-electron chi connectivity index (χ0n) is 18.8. The Labute approximate surface area is 211 Å². The van der Waals surface area contributed by atoms with Crippen molar-refractivity contribution >= 4 is 44.8 Å². The number of benzene rings is 1. The first-order chi connectivity index (χ1) is 16.3. The van der Waals surface area contributed by atoms with Crippen molar-refractivity contribution in [2.24, 2.45) is 5.92 Å². The van der Waals surface area contributed by atoms with Crippen molar-refractivity contribution in [2.75, 3.05) is 31.7 Å². The Bertz CT molecular complexity index is 1240. The number of sulfonamides is 1. The molecule has 1 aliphatic carbocycles. The number of nitrogens with one attached hydrogen (secondary N) is 1. The molecule has 4 rings (SSSR count). The number of aromatic nitrogens is 1. The van der Waals surface area contributed by atoms with Crippen molar-refractivity contribution in [1.82, 2.24) is 14.2 Å². The van der Waals surface area contributed by atoms with Crippen LogP contribution in [0.2, 0.25) is 10.0 Å². The van der Waals surface area contributed by atoms with Gasteiger partial charge in [-0.3, -0.25) is 9.78 Å². The molecule has 1 fully saturated rings. The number of hydrogen-bond acceptors (Lipinski definition) is 5. The molecule has 35 heavy (non-hydrogen) atoms. The molecule has 0 radical (unpaired) electrons. The van der Waals surface area contributed by atoms with Gasteiger partial charge < -0.3 is 10.2 Å². The number of amides is 1. The molecule has 13 heteroatoms. The second-order valence-corrected chi connectivity index (χ2v) is 11.7. The maximum atomic E-state index is 13.9. The zero-order valence-corrected chi connectivity index (χ0v) is 21.1. The molecule has 2 aromatic rings. The number of anilines is 1. The van der Waals surface area contributed by atoms with Crippen LogP contribution in [0.4, 0.5) is 18.9 Å². The van der Waals surface area contributed by atoms with Crippen molar-refractivity contribution in [3.05, 3.63) is 57.3 Å². The summed E-state index contributed by atoms with van der Waals surface area (Å²) in [7, 11) is -2.43. The summed E-state index contributed by atoms with van der Waals surface area (Å²) in [6.07, 6.45) is -1.18. The summed E-state index contributed by atoms with van der Waals surface area (Å²) < 4.78 is 65.9. The smallest absolute Gasteiger partial charge is 0.380 e. The van der Waals surface area contributed by atoms with E-state index in [1.54, 1.807) is 6.07 Å². The third-order valence-electron chi connectivity index (χ3n) is 6.36. The van der Waals surface area contributed by atoms with E-state index in [-0.39, 0.29) is 24.8 Å². The Morgan fingerprint density at radius 2 is 1.89 bits per heavy atom. The number of carbonyl (C=O) groups excluding carboxylic acids is 1. The van der Waals surface area contributed by atoms with Crippen LogP contribution in [-0.2, 0) is 27.7 Å². The summed E-state index contributed by atoms with van der Waals surface area (Å²) in [5.41, 5.74) is 2.21. The van der Waals surface area contributed by atoms with Gasteiger partial charge in [0.05, 0.1) is 39.8 Å². The number of carbonyl (C=O) groups is 1. The van der Waals surface area contributed by atoms with Crippen LogP contribution >= 0.6 is 23.2 Å². The van der Waals surface area contributed by atoms with Crippen LogP contribution in [0.15, 0.2) is 30.5 Å². The van der Waals surface area contributed by atoms with Crippen LogP contribution in [0, 0.1) is 5.92 Å². The van der Waals surface area contributed by atoms with E-state index in [4.69, 9.17) is 23.2 Å². The van der Waals surface area contributed by atoms with Gasteiger partial charge in [0.15, 0.2) is 6.04 Å². The number of rotatable bonds is 6. The molecular formula is C22H23Cl2F3N4O3S. The van der Waals surface area contributed by atoms with Gasteiger partial charge >= 0.3 is 6.18 Å². The van der Waals surface area contributed by atoms with Gasteiger partial charge in [-0.05, 0) is 42.2 Å². The molecule has 190 valence electrons. The van der Waals surface area contributed by atoms with Crippen molar-refractivity contribution in [2.45, 2.75) is 31.1 Å². The first kappa shape index (κ1) is 26.0. The van der Waals surface area contributed by atoms with E-state index in [0.29, 0.717) is 33.5 Å². The first-order valence-electron chi connectivity index (χ1n) is 10.7. The van der Waals surface area contributed by atoms with Crippen molar-refractivity contribution in [3.8, 4) is 0 Å². The predicted octanol–water partition coefficient (Wildman–Crippen LogP) is 3.92. The largest absolute Gasteiger partial charge is 0.414 e. The highest BCUT2D eigenvalue weighted by atomic mass is 35.5. The molecule has 2 atom stereocenters. The summed E-state index contributed by atoms with van der Waals surface area (Å²) in [6.45, 7) is -0.274. The SMILES string of the molecule is CN(C(=O)C1CN(S(C)(=O)=O)C1)[C@@H](c1ccc(NC2Cc3ccc(Cl)c(Cl)c3C2)cn1)C(F)(F)F. The van der Waals surface area contributed by atoms with Gasteiger partial charge in [-0.15, -0.1) is 0 Å². The van der Waals surface area contributed by atoms with Crippen LogP contribution in [0.25, 0.3) is 0 Å². The Morgan fingerprint density at radius 3 is 2.46 bits per heavy atom. The molecular weight excluding hydrogens is 528 g/mol. The Balaban J connectivity index is 1.45. The van der Waals surface area contributed by atoms with E-state index < -0.39 is 34.1 Å². The summed E-state index contributed by atoms with van der Waals surface area (Å²) in [5, 5.41) is 4.24. The highest BCUT2D eigenvalue weighted by molar-refractivity contribution is 7.88. The van der Waals surface area contributed by atoms with Gasteiger partial charge in [-0.2, -0.15) is 13.2 Å². The number of pyridine rings is 1. The summed E-state index contributed by atoms with van der Waals surface area (Å²) in [4.78, 5) is 17.3. The number of halogens is 5. The molecule has 1 amide bonds. The van der Waals surface area contributed by atoms with E-state index in [1.165, 1.54) is 18.3 Å². The minimum absolute atomic E-state index is 0.0207. The lowest BCUT2D eigenvalue weighted by Crippen LogP contribution is -2.56. The molecule has 1 unspecified atom stereocenters. The molecule has 2 aliphatic rings. The third kappa shape index (κ3) is 5.37. The highest BCUT2D eigenvalue weighted by Crippen LogP contribution is 2.38. The minimum Gasteiger partial charge on any atom is -0.380 e. The van der Waals surface area contributed by atoms with E-state index in [9.17, 15) is 26.4 Å². The zero-order chi connectivity index (χ0) is 25.7. The highest BCUT2D eigenvalue weighted by Gasteiger charge is 2.49. The quantitative estimate of drug-likeness (QED) is 0.589. The molecule has 2 heterocycles. The monoisotopic (exact) mass is 550 g/mol. The fraction of sp³-hybridized carbons (Fsp3) is 0.455. The standard InChI is InChI=1S/C22H23Cl2F3N4O3S/c1-30(21(32)13-10-31(11-13)35(2,33)34)20(22(25,26)27)18-6-4-14(9-28-18)29-15-7-12-3-5-17(23)19(24)16(12)8-15/h3-6,9,13,15,20,29H,7-8,10-11H2,1-2H3/t15?,20-/m0/s1. The van der Waals surface area contributed by atoms with E-state index in [1.807, 2.05) is 6.07 Å². The van der Waals surface area contributed by atoms with Gasteiger partial charge in [-0.1, -0.05) is 29.3 Å². The molecule has 0 spiro atoms. The van der Waals surface area contributed by atoms with Crippen LogP contribution in [0.3, 0.4) is 0 Å². The Morgan fingerprint density at radius 1 is 1.20 bits per heavy atom. The number of hydrogen-bond donors (Lipinski definition) is 1. The molecule has 0 bridgehead atoms. The summed E-state index contributed by atoms with van der Waals surface area (Å²) >= 11 is 12.4. The average Bonchev–Trinajstić information content (AvgIpc) is 3.12. The van der Waals surface area contributed by atoms with Crippen LogP contribution in [0.1, 0.15) is 22.9 Å². The predicted molar refractivity (Wildman–Crippen MR) is 127 cm³/mol. The minimum atomic E-state index is -4.77. The fourth-order valence-corrected chi connectivity index (χ4v) is 5.82. The van der Waals surface area contributed by atoms with E-state index in [0.717, 1.165) is 28.7 Å². The normalized spacial score (nSPS) is 19.7. The molecule has 1 N–H and O–H groups in total. The second-order valence-electron chi connectivity index (χ2n) is 8.89. The summed E-state index contributed by atoms with van der Waals surface area (Å²) in [6, 6.07) is 4.09. The molecule has 1 aromatic heterocycles. The lowest BCUT2D eigenvalue weighted by atomic mass is 10.00. The molecule has 7 nitrogen and oxygen atoms in total. The summed E-state index contributed by atoms with van der Waals surface area (Å²) in [5.74, 6) is -1.61. The van der Waals surface area contributed by atoms with Crippen LogP contribution < -0.4 is 5.32 Å². The van der Waals surface area contributed by atoms with Gasteiger partial charge in [-0.25, -0.2) is 12.7 Å². The van der Waals surface area contributed by atoms with Crippen molar-refractivity contribution < 1.29 is 26.4 Å². The van der Waals surface area contributed by atoms with Gasteiger partial charge in [0.1, 0.15) is 0 Å². The third-order valence-corrected chi connectivity index (χ3v) is 8.44. The van der Waals surface area contributed by atoms with Gasteiger partial charge in [0.2, 0.25) is 15.9 Å². The van der Waals surface area contributed by atoms with E-state index >= 15 is 0 Å². The molecule has 1 aromatic carbocycles. The lowest BCUT2D eigenvalue weighted by Gasteiger charge is -2.40. The molecule has 0 saturated carbocycles. The lowest BCUT2D eigenvalue weighted by molar-refractivity contribution is -0.192. The Hall–Kier alpha value is -2.08. The molecule has 1 saturated heterocycles. The fourth-order valence-electron chi connectivity index (χ4n) is 4.48. The van der Waals surface area contributed by atoms with Gasteiger partial charge in [0, 0.05) is 26.2 Å².